The maximum Gasteiger partial charge on any atom is 0.167 e. The standard InChI is InChI=1S/C15H17ClN2O/c1-9-5-6-12(10(2)7-9)14(19)8-13-11(3)17-18(4)15(13)16/h5-7H,8H2,1-4H3. The van der Waals surface area contributed by atoms with Crippen LogP contribution in [0.4, 0.5) is 0 Å². The Morgan fingerprint density at radius 2 is 2.00 bits per heavy atom. The summed E-state index contributed by atoms with van der Waals surface area (Å²) in [5, 5.41) is 4.76. The van der Waals surface area contributed by atoms with Crippen LogP contribution in [0.15, 0.2) is 18.2 Å². The zero-order valence-corrected chi connectivity index (χ0v) is 12.4. The van der Waals surface area contributed by atoms with Crippen molar-refractivity contribution in [1.82, 2.24) is 9.78 Å². The zero-order valence-electron chi connectivity index (χ0n) is 11.6. The molecule has 0 aliphatic rings. The molecule has 0 saturated heterocycles. The number of aryl methyl sites for hydroxylation is 4. The maximum atomic E-state index is 12.4. The van der Waals surface area contributed by atoms with E-state index in [1.807, 2.05) is 39.0 Å². The monoisotopic (exact) mass is 276 g/mol. The highest BCUT2D eigenvalue weighted by atomic mass is 35.5. The van der Waals surface area contributed by atoms with Crippen LogP contribution in [0, 0.1) is 20.8 Å². The van der Waals surface area contributed by atoms with E-state index in [0.29, 0.717) is 11.6 Å². The van der Waals surface area contributed by atoms with Crippen molar-refractivity contribution in [2.24, 2.45) is 7.05 Å². The molecule has 0 aliphatic heterocycles. The molecule has 0 amide bonds. The minimum atomic E-state index is 0.0792. The quantitative estimate of drug-likeness (QED) is 0.805. The minimum absolute atomic E-state index is 0.0792. The summed E-state index contributed by atoms with van der Waals surface area (Å²) in [5.41, 5.74) is 4.54. The van der Waals surface area contributed by atoms with Gasteiger partial charge < -0.3 is 0 Å². The third kappa shape index (κ3) is 2.71. The number of halogens is 1. The Hall–Kier alpha value is -1.61. The lowest BCUT2D eigenvalue weighted by Gasteiger charge is -2.06. The topological polar surface area (TPSA) is 34.9 Å². The molecule has 19 heavy (non-hydrogen) atoms. The molecule has 0 unspecified atom stereocenters. The van der Waals surface area contributed by atoms with Gasteiger partial charge in [-0.05, 0) is 26.3 Å². The van der Waals surface area contributed by atoms with Crippen LogP contribution in [0.1, 0.15) is 32.7 Å². The normalized spacial score (nSPS) is 10.8. The molecular weight excluding hydrogens is 260 g/mol. The SMILES string of the molecule is Cc1ccc(C(=O)Cc2c(C)nn(C)c2Cl)c(C)c1. The number of hydrogen-bond donors (Lipinski definition) is 0. The molecule has 2 aromatic rings. The fraction of sp³-hybridized carbons (Fsp3) is 0.333. The van der Waals surface area contributed by atoms with Crippen molar-refractivity contribution < 1.29 is 4.79 Å². The van der Waals surface area contributed by atoms with Gasteiger partial charge in [-0.15, -0.1) is 0 Å². The molecule has 0 N–H and O–H groups in total. The fourth-order valence-corrected chi connectivity index (χ4v) is 2.50. The van der Waals surface area contributed by atoms with Gasteiger partial charge in [0.1, 0.15) is 5.15 Å². The summed E-state index contributed by atoms with van der Waals surface area (Å²) in [4.78, 5) is 12.4. The van der Waals surface area contributed by atoms with Crippen LogP contribution < -0.4 is 0 Å². The smallest absolute Gasteiger partial charge is 0.167 e. The van der Waals surface area contributed by atoms with Crippen LogP contribution >= 0.6 is 11.6 Å². The number of carbonyl (C=O) groups excluding carboxylic acids is 1. The van der Waals surface area contributed by atoms with E-state index in [4.69, 9.17) is 11.6 Å². The van der Waals surface area contributed by atoms with Gasteiger partial charge in [0.15, 0.2) is 5.78 Å². The van der Waals surface area contributed by atoms with E-state index in [1.165, 1.54) is 0 Å². The number of hydrogen-bond acceptors (Lipinski definition) is 2. The van der Waals surface area contributed by atoms with Crippen molar-refractivity contribution in [3.8, 4) is 0 Å². The Bertz CT molecular complexity index is 644. The second kappa shape index (κ2) is 5.17. The van der Waals surface area contributed by atoms with E-state index in [9.17, 15) is 4.79 Å². The molecule has 3 nitrogen and oxygen atoms in total. The summed E-state index contributed by atoms with van der Waals surface area (Å²) >= 11 is 6.16. The van der Waals surface area contributed by atoms with Crippen LogP contribution in [-0.2, 0) is 13.5 Å². The molecule has 0 spiro atoms. The molecule has 1 heterocycles. The third-order valence-electron chi connectivity index (χ3n) is 3.29. The summed E-state index contributed by atoms with van der Waals surface area (Å²) in [5.74, 6) is 0.0792. The van der Waals surface area contributed by atoms with Crippen molar-refractivity contribution in [1.29, 1.82) is 0 Å². The first-order valence-electron chi connectivity index (χ1n) is 6.18. The van der Waals surface area contributed by atoms with E-state index < -0.39 is 0 Å². The van der Waals surface area contributed by atoms with E-state index in [0.717, 1.165) is 27.9 Å². The van der Waals surface area contributed by atoms with Crippen molar-refractivity contribution in [2.75, 3.05) is 0 Å². The molecule has 0 radical (unpaired) electrons. The average molecular weight is 277 g/mol. The Labute approximate surface area is 118 Å². The van der Waals surface area contributed by atoms with E-state index in [2.05, 4.69) is 5.10 Å². The van der Waals surface area contributed by atoms with Crippen LogP contribution in [0.5, 0.6) is 0 Å². The van der Waals surface area contributed by atoms with Crippen LogP contribution in [0.2, 0.25) is 5.15 Å². The number of ketones is 1. The molecule has 2 rings (SSSR count). The first-order chi connectivity index (χ1) is 8.90. The van der Waals surface area contributed by atoms with Crippen molar-refractivity contribution in [3.63, 3.8) is 0 Å². The number of Topliss-reactive ketones (excluding diaryl/α,β-unsaturated/α-hetero) is 1. The van der Waals surface area contributed by atoms with Gasteiger partial charge in [-0.25, -0.2) is 0 Å². The second-order valence-electron chi connectivity index (χ2n) is 4.90. The summed E-state index contributed by atoms with van der Waals surface area (Å²) in [7, 11) is 1.78. The molecule has 1 aromatic heterocycles. The first kappa shape index (κ1) is 13.8. The van der Waals surface area contributed by atoms with Gasteiger partial charge in [0.25, 0.3) is 0 Å². The van der Waals surface area contributed by atoms with Crippen molar-refractivity contribution in [3.05, 3.63) is 51.3 Å². The van der Waals surface area contributed by atoms with Gasteiger partial charge in [0.05, 0.1) is 5.69 Å². The fourth-order valence-electron chi connectivity index (χ4n) is 2.26. The third-order valence-corrected chi connectivity index (χ3v) is 3.76. The highest BCUT2D eigenvalue weighted by Gasteiger charge is 2.17. The number of benzene rings is 1. The Morgan fingerprint density at radius 3 is 2.53 bits per heavy atom. The lowest BCUT2D eigenvalue weighted by atomic mass is 9.98. The zero-order chi connectivity index (χ0) is 14.2. The molecular formula is C15H17ClN2O. The average Bonchev–Trinajstić information content (AvgIpc) is 2.56. The van der Waals surface area contributed by atoms with Gasteiger partial charge in [-0.2, -0.15) is 5.10 Å². The molecule has 0 atom stereocenters. The van der Waals surface area contributed by atoms with Gasteiger partial charge in [-0.3, -0.25) is 9.48 Å². The Balaban J connectivity index is 2.31. The highest BCUT2D eigenvalue weighted by molar-refractivity contribution is 6.30. The summed E-state index contributed by atoms with van der Waals surface area (Å²) < 4.78 is 1.60. The summed E-state index contributed by atoms with van der Waals surface area (Å²) in [6.07, 6.45) is 0.294. The van der Waals surface area contributed by atoms with Crippen LogP contribution in [-0.4, -0.2) is 15.6 Å². The van der Waals surface area contributed by atoms with Crippen molar-refractivity contribution >= 4 is 17.4 Å². The molecule has 1 aromatic carbocycles. The Morgan fingerprint density at radius 1 is 1.32 bits per heavy atom. The largest absolute Gasteiger partial charge is 0.294 e. The van der Waals surface area contributed by atoms with E-state index in [-0.39, 0.29) is 5.78 Å². The maximum absolute atomic E-state index is 12.4. The Kier molecular flexibility index (Phi) is 3.76. The molecule has 0 fully saturated rings. The number of carbonyl (C=O) groups is 1. The minimum Gasteiger partial charge on any atom is -0.294 e. The van der Waals surface area contributed by atoms with E-state index in [1.54, 1.807) is 11.7 Å². The number of nitrogens with zero attached hydrogens (tertiary/aromatic N) is 2. The molecule has 0 aliphatic carbocycles. The molecule has 4 heteroatoms. The lowest BCUT2D eigenvalue weighted by Crippen LogP contribution is -2.06. The molecule has 0 saturated carbocycles. The number of aromatic nitrogens is 2. The van der Waals surface area contributed by atoms with Gasteiger partial charge >= 0.3 is 0 Å². The van der Waals surface area contributed by atoms with Crippen LogP contribution in [0.25, 0.3) is 0 Å². The lowest BCUT2D eigenvalue weighted by molar-refractivity contribution is 0.0992. The predicted octanol–water partition coefficient (Wildman–Crippen LogP) is 3.42. The van der Waals surface area contributed by atoms with E-state index >= 15 is 0 Å². The van der Waals surface area contributed by atoms with Gasteiger partial charge in [-0.1, -0.05) is 35.4 Å². The number of rotatable bonds is 3. The highest BCUT2D eigenvalue weighted by Crippen LogP contribution is 2.21. The van der Waals surface area contributed by atoms with Gasteiger partial charge in [0, 0.05) is 24.6 Å². The second-order valence-corrected chi connectivity index (χ2v) is 5.25. The van der Waals surface area contributed by atoms with Crippen LogP contribution in [0.3, 0.4) is 0 Å². The van der Waals surface area contributed by atoms with Crippen molar-refractivity contribution in [2.45, 2.75) is 27.2 Å². The summed E-state index contributed by atoms with van der Waals surface area (Å²) in [6.45, 7) is 5.85. The first-order valence-corrected chi connectivity index (χ1v) is 6.56. The summed E-state index contributed by atoms with van der Waals surface area (Å²) in [6, 6.07) is 5.86. The predicted molar refractivity (Wildman–Crippen MR) is 76.9 cm³/mol. The molecule has 0 bridgehead atoms. The molecule has 100 valence electrons. The van der Waals surface area contributed by atoms with Gasteiger partial charge in [0.2, 0.25) is 0 Å².